The van der Waals surface area contributed by atoms with Crippen LogP contribution in [0.3, 0.4) is 0 Å². The summed E-state index contributed by atoms with van der Waals surface area (Å²) in [4.78, 5) is 17.9. The van der Waals surface area contributed by atoms with Crippen LogP contribution in [0.4, 0.5) is 5.69 Å². The summed E-state index contributed by atoms with van der Waals surface area (Å²) in [5, 5.41) is 13.9. The number of nitro benzene ring substituents is 1. The van der Waals surface area contributed by atoms with Gasteiger partial charge in [-0.15, -0.1) is 0 Å². The molecule has 0 saturated heterocycles. The van der Waals surface area contributed by atoms with E-state index in [1.165, 1.54) is 12.1 Å². The molecule has 1 aromatic carbocycles. The number of rotatable bonds is 2. The SMILES string of the molecule is O=[N+]([O-])c1ccc(-c2nc(=S)c3c([nH]2)CCNC3)cc1. The first-order chi connectivity index (χ1) is 9.65. The lowest BCUT2D eigenvalue weighted by Crippen LogP contribution is -2.25. The van der Waals surface area contributed by atoms with Crippen molar-refractivity contribution in [3.63, 3.8) is 0 Å². The Bertz CT molecular complexity index is 724. The number of aromatic amines is 1. The average molecular weight is 288 g/mol. The number of nitrogens with one attached hydrogen (secondary N) is 2. The van der Waals surface area contributed by atoms with Crippen LogP contribution >= 0.6 is 12.2 Å². The number of hydrogen-bond acceptors (Lipinski definition) is 5. The lowest BCUT2D eigenvalue weighted by Gasteiger charge is -2.17. The first-order valence-electron chi connectivity index (χ1n) is 6.23. The van der Waals surface area contributed by atoms with Crippen LogP contribution in [0.25, 0.3) is 11.4 Å². The zero-order valence-corrected chi connectivity index (χ0v) is 11.4. The first kappa shape index (κ1) is 12.9. The zero-order chi connectivity index (χ0) is 14.1. The molecule has 6 nitrogen and oxygen atoms in total. The highest BCUT2D eigenvalue weighted by Crippen LogP contribution is 2.22. The molecule has 0 radical (unpaired) electrons. The van der Waals surface area contributed by atoms with Crippen molar-refractivity contribution in [3.05, 3.63) is 50.3 Å². The van der Waals surface area contributed by atoms with Crippen molar-refractivity contribution in [1.82, 2.24) is 15.3 Å². The van der Waals surface area contributed by atoms with Gasteiger partial charge in [0.15, 0.2) is 0 Å². The molecule has 0 atom stereocenters. The maximum Gasteiger partial charge on any atom is 0.269 e. The van der Waals surface area contributed by atoms with Gasteiger partial charge in [-0.3, -0.25) is 10.1 Å². The highest BCUT2D eigenvalue weighted by atomic mass is 32.1. The summed E-state index contributed by atoms with van der Waals surface area (Å²) in [5.74, 6) is 0.658. The van der Waals surface area contributed by atoms with Crippen molar-refractivity contribution in [1.29, 1.82) is 0 Å². The Morgan fingerprint density at radius 3 is 2.75 bits per heavy atom. The van der Waals surface area contributed by atoms with Gasteiger partial charge in [-0.05, 0) is 12.1 Å². The number of nitro groups is 1. The monoisotopic (exact) mass is 288 g/mol. The van der Waals surface area contributed by atoms with E-state index in [0.717, 1.165) is 36.3 Å². The fourth-order valence-corrected chi connectivity index (χ4v) is 2.53. The molecule has 102 valence electrons. The van der Waals surface area contributed by atoms with E-state index in [1.807, 2.05) is 0 Å². The number of aromatic nitrogens is 2. The third-order valence-corrected chi connectivity index (χ3v) is 3.65. The zero-order valence-electron chi connectivity index (χ0n) is 10.5. The van der Waals surface area contributed by atoms with E-state index in [1.54, 1.807) is 12.1 Å². The minimum atomic E-state index is -0.419. The maximum atomic E-state index is 10.7. The quantitative estimate of drug-likeness (QED) is 0.503. The number of hydrogen-bond donors (Lipinski definition) is 2. The molecular formula is C13H12N4O2S. The molecule has 1 aliphatic heterocycles. The molecule has 0 amide bonds. The predicted octanol–water partition coefficient (Wildman–Crippen LogP) is 2.36. The third kappa shape index (κ3) is 2.33. The molecule has 1 aromatic heterocycles. The fourth-order valence-electron chi connectivity index (χ4n) is 2.24. The minimum Gasteiger partial charge on any atom is -0.343 e. The van der Waals surface area contributed by atoms with Crippen molar-refractivity contribution < 1.29 is 4.92 Å². The summed E-state index contributed by atoms with van der Waals surface area (Å²) in [6.45, 7) is 1.64. The van der Waals surface area contributed by atoms with E-state index in [9.17, 15) is 10.1 Å². The summed E-state index contributed by atoms with van der Waals surface area (Å²) in [6, 6.07) is 6.29. The van der Waals surface area contributed by atoms with Crippen LogP contribution in [0.1, 0.15) is 11.3 Å². The highest BCUT2D eigenvalue weighted by Gasteiger charge is 2.14. The van der Waals surface area contributed by atoms with Crippen LogP contribution in [-0.4, -0.2) is 21.4 Å². The second kappa shape index (κ2) is 5.10. The topological polar surface area (TPSA) is 83.8 Å². The number of H-pyrrole nitrogens is 1. The normalized spacial score (nSPS) is 13.8. The smallest absolute Gasteiger partial charge is 0.269 e. The summed E-state index contributed by atoms with van der Waals surface area (Å²) >= 11 is 5.31. The number of non-ortho nitro benzene ring substituents is 1. The van der Waals surface area contributed by atoms with Gasteiger partial charge in [0.2, 0.25) is 0 Å². The van der Waals surface area contributed by atoms with Crippen LogP contribution in [-0.2, 0) is 13.0 Å². The molecule has 0 bridgehead atoms. The van der Waals surface area contributed by atoms with E-state index in [4.69, 9.17) is 12.2 Å². The van der Waals surface area contributed by atoms with Crippen LogP contribution in [0.5, 0.6) is 0 Å². The fraction of sp³-hybridized carbons (Fsp3) is 0.231. The van der Waals surface area contributed by atoms with Crippen LogP contribution in [0.2, 0.25) is 0 Å². The van der Waals surface area contributed by atoms with E-state index < -0.39 is 4.92 Å². The summed E-state index contributed by atoms with van der Waals surface area (Å²) in [7, 11) is 0. The Balaban J connectivity index is 2.04. The standard InChI is InChI=1S/C13H12N4O2S/c18-17(19)9-3-1-8(2-4-9)12-15-11-5-6-14-7-10(11)13(20)16-12/h1-4,14H,5-7H2,(H,15,16,20). The lowest BCUT2D eigenvalue weighted by atomic mass is 10.1. The van der Waals surface area contributed by atoms with Gasteiger partial charge in [0, 0.05) is 48.5 Å². The molecule has 0 fully saturated rings. The van der Waals surface area contributed by atoms with Gasteiger partial charge < -0.3 is 10.3 Å². The highest BCUT2D eigenvalue weighted by molar-refractivity contribution is 7.71. The van der Waals surface area contributed by atoms with Gasteiger partial charge in [0.05, 0.1) is 4.92 Å². The second-order valence-electron chi connectivity index (χ2n) is 4.58. The molecule has 2 aromatic rings. The van der Waals surface area contributed by atoms with Crippen molar-refractivity contribution in [2.24, 2.45) is 0 Å². The van der Waals surface area contributed by atoms with Crippen LogP contribution in [0, 0.1) is 14.8 Å². The number of nitrogens with zero attached hydrogens (tertiary/aromatic N) is 2. The molecule has 1 aliphatic rings. The molecular weight excluding hydrogens is 276 g/mol. The molecule has 0 aliphatic carbocycles. The van der Waals surface area contributed by atoms with E-state index in [0.29, 0.717) is 10.5 Å². The number of fused-ring (bicyclic) bond motifs is 1. The van der Waals surface area contributed by atoms with E-state index >= 15 is 0 Å². The van der Waals surface area contributed by atoms with Crippen molar-refractivity contribution in [2.45, 2.75) is 13.0 Å². The molecule has 3 rings (SSSR count). The average Bonchev–Trinajstić information content (AvgIpc) is 2.47. The molecule has 0 saturated carbocycles. The van der Waals surface area contributed by atoms with Crippen molar-refractivity contribution in [3.8, 4) is 11.4 Å². The van der Waals surface area contributed by atoms with Gasteiger partial charge in [0.1, 0.15) is 10.5 Å². The lowest BCUT2D eigenvalue weighted by molar-refractivity contribution is -0.384. The van der Waals surface area contributed by atoms with Gasteiger partial charge in [0.25, 0.3) is 5.69 Å². The first-order valence-corrected chi connectivity index (χ1v) is 6.63. The third-order valence-electron chi connectivity index (χ3n) is 3.31. The van der Waals surface area contributed by atoms with Crippen LogP contribution in [0.15, 0.2) is 24.3 Å². The molecule has 2 N–H and O–H groups in total. The maximum absolute atomic E-state index is 10.7. The Morgan fingerprint density at radius 2 is 2.05 bits per heavy atom. The molecule has 2 heterocycles. The summed E-state index contributed by atoms with van der Waals surface area (Å²) in [6.07, 6.45) is 0.876. The Hall–Kier alpha value is -2.12. The molecule has 20 heavy (non-hydrogen) atoms. The molecule has 0 unspecified atom stereocenters. The largest absolute Gasteiger partial charge is 0.343 e. The van der Waals surface area contributed by atoms with Crippen LogP contribution < -0.4 is 5.32 Å². The van der Waals surface area contributed by atoms with E-state index in [2.05, 4.69) is 15.3 Å². The van der Waals surface area contributed by atoms with Gasteiger partial charge in [-0.1, -0.05) is 12.2 Å². The Labute approximate surface area is 120 Å². The van der Waals surface area contributed by atoms with Gasteiger partial charge in [-0.25, -0.2) is 4.98 Å². The molecule has 7 heteroatoms. The molecule has 0 spiro atoms. The Morgan fingerprint density at radius 1 is 1.30 bits per heavy atom. The minimum absolute atomic E-state index is 0.0644. The van der Waals surface area contributed by atoms with E-state index in [-0.39, 0.29) is 5.69 Å². The number of benzene rings is 1. The summed E-state index contributed by atoms with van der Waals surface area (Å²) in [5.41, 5.74) is 2.99. The van der Waals surface area contributed by atoms with Crippen molar-refractivity contribution in [2.75, 3.05) is 6.54 Å². The summed E-state index contributed by atoms with van der Waals surface area (Å²) < 4.78 is 0.583. The second-order valence-corrected chi connectivity index (χ2v) is 4.97. The van der Waals surface area contributed by atoms with Crippen molar-refractivity contribution >= 4 is 17.9 Å². The predicted molar refractivity (Wildman–Crippen MR) is 76.9 cm³/mol. The van der Waals surface area contributed by atoms with Gasteiger partial charge in [-0.2, -0.15) is 0 Å². The van der Waals surface area contributed by atoms with Gasteiger partial charge >= 0.3 is 0 Å². The Kier molecular flexibility index (Phi) is 3.29.